The standard InChI is InChI=1S/C18H24ClN5O2/c1-18(2,3)26-17(25)24-9-5-6-14(24)16-22-21-15(23(16)4)11-7-8-12(19)13(20)10-11/h7-8,10,14H,5-6,9,20H2,1-4H3/t14-/m0/s1. The summed E-state index contributed by atoms with van der Waals surface area (Å²) in [7, 11) is 1.89. The van der Waals surface area contributed by atoms with E-state index in [9.17, 15) is 4.79 Å². The number of nitrogen functional groups attached to an aromatic ring is 1. The number of aromatic nitrogens is 3. The third-order valence-electron chi connectivity index (χ3n) is 4.34. The van der Waals surface area contributed by atoms with E-state index in [0.29, 0.717) is 23.1 Å². The number of carbonyl (C=O) groups is 1. The van der Waals surface area contributed by atoms with Crippen LogP contribution in [0, 0.1) is 0 Å². The summed E-state index contributed by atoms with van der Waals surface area (Å²) in [5, 5.41) is 9.15. The molecule has 2 N–H and O–H groups in total. The molecule has 0 aliphatic carbocycles. The van der Waals surface area contributed by atoms with Crippen molar-refractivity contribution >= 4 is 23.4 Å². The van der Waals surface area contributed by atoms with Crippen molar-refractivity contribution in [2.75, 3.05) is 12.3 Å². The van der Waals surface area contributed by atoms with Gasteiger partial charge >= 0.3 is 6.09 Å². The Bertz CT molecular complexity index is 827. The van der Waals surface area contributed by atoms with Gasteiger partial charge < -0.3 is 15.0 Å². The lowest BCUT2D eigenvalue weighted by molar-refractivity contribution is 0.0216. The summed E-state index contributed by atoms with van der Waals surface area (Å²) in [6.07, 6.45) is 1.41. The van der Waals surface area contributed by atoms with Gasteiger partial charge in [-0.05, 0) is 51.8 Å². The molecule has 0 bridgehead atoms. The van der Waals surface area contributed by atoms with Crippen LogP contribution in [-0.4, -0.2) is 37.9 Å². The smallest absolute Gasteiger partial charge is 0.410 e. The fourth-order valence-corrected chi connectivity index (χ4v) is 3.26. The molecule has 1 fully saturated rings. The highest BCUT2D eigenvalue weighted by molar-refractivity contribution is 6.33. The molecule has 0 saturated carbocycles. The number of hydrogen-bond donors (Lipinski definition) is 1. The summed E-state index contributed by atoms with van der Waals surface area (Å²) < 4.78 is 7.43. The molecular formula is C18H24ClN5O2. The van der Waals surface area contributed by atoms with E-state index < -0.39 is 5.60 Å². The van der Waals surface area contributed by atoms with E-state index >= 15 is 0 Å². The van der Waals surface area contributed by atoms with Crippen LogP contribution in [0.15, 0.2) is 18.2 Å². The monoisotopic (exact) mass is 377 g/mol. The maximum Gasteiger partial charge on any atom is 0.410 e. The summed E-state index contributed by atoms with van der Waals surface area (Å²) in [6.45, 7) is 6.24. The van der Waals surface area contributed by atoms with Crippen LogP contribution >= 0.6 is 11.6 Å². The maximum absolute atomic E-state index is 12.5. The number of nitrogens with two attached hydrogens (primary N) is 1. The normalized spacial score (nSPS) is 17.6. The van der Waals surface area contributed by atoms with Crippen molar-refractivity contribution in [3.05, 3.63) is 29.0 Å². The molecule has 0 radical (unpaired) electrons. The van der Waals surface area contributed by atoms with Crippen LogP contribution in [0.1, 0.15) is 45.5 Å². The van der Waals surface area contributed by atoms with E-state index in [2.05, 4.69) is 10.2 Å². The van der Waals surface area contributed by atoms with E-state index in [-0.39, 0.29) is 12.1 Å². The number of benzene rings is 1. The van der Waals surface area contributed by atoms with Crippen molar-refractivity contribution in [1.29, 1.82) is 0 Å². The van der Waals surface area contributed by atoms with Crippen LogP contribution in [-0.2, 0) is 11.8 Å². The van der Waals surface area contributed by atoms with Crippen LogP contribution in [0.4, 0.5) is 10.5 Å². The van der Waals surface area contributed by atoms with Gasteiger partial charge in [0.2, 0.25) is 0 Å². The van der Waals surface area contributed by atoms with Crippen LogP contribution in [0.25, 0.3) is 11.4 Å². The average molecular weight is 378 g/mol. The fourth-order valence-electron chi connectivity index (χ4n) is 3.14. The Morgan fingerprint density at radius 1 is 1.35 bits per heavy atom. The van der Waals surface area contributed by atoms with E-state index in [1.807, 2.05) is 38.5 Å². The molecule has 2 aromatic rings. The van der Waals surface area contributed by atoms with Crippen molar-refractivity contribution in [3.63, 3.8) is 0 Å². The quantitative estimate of drug-likeness (QED) is 0.804. The first-order valence-corrected chi connectivity index (χ1v) is 8.99. The molecule has 26 heavy (non-hydrogen) atoms. The highest BCUT2D eigenvalue weighted by atomic mass is 35.5. The van der Waals surface area contributed by atoms with E-state index in [0.717, 1.165) is 24.2 Å². The van der Waals surface area contributed by atoms with Crippen LogP contribution in [0.2, 0.25) is 5.02 Å². The van der Waals surface area contributed by atoms with Crippen LogP contribution in [0.3, 0.4) is 0 Å². The number of ether oxygens (including phenoxy) is 1. The van der Waals surface area contributed by atoms with Gasteiger partial charge in [0.15, 0.2) is 11.6 Å². The van der Waals surface area contributed by atoms with Crippen molar-refractivity contribution < 1.29 is 9.53 Å². The van der Waals surface area contributed by atoms with Crippen LogP contribution in [0.5, 0.6) is 0 Å². The van der Waals surface area contributed by atoms with Crippen molar-refractivity contribution in [3.8, 4) is 11.4 Å². The lowest BCUT2D eigenvalue weighted by Crippen LogP contribution is -2.37. The van der Waals surface area contributed by atoms with Gasteiger partial charge in [-0.1, -0.05) is 11.6 Å². The zero-order valence-electron chi connectivity index (χ0n) is 15.5. The first-order valence-electron chi connectivity index (χ1n) is 8.61. The molecular weight excluding hydrogens is 354 g/mol. The lowest BCUT2D eigenvalue weighted by Gasteiger charge is -2.28. The minimum atomic E-state index is -0.532. The number of anilines is 1. The summed E-state index contributed by atoms with van der Waals surface area (Å²) in [6, 6.07) is 5.22. The Kier molecular flexibility index (Phi) is 4.84. The van der Waals surface area contributed by atoms with Crippen molar-refractivity contribution in [2.24, 2.45) is 7.05 Å². The lowest BCUT2D eigenvalue weighted by atomic mass is 10.1. The first-order chi connectivity index (χ1) is 12.2. The molecule has 1 amide bonds. The fraction of sp³-hybridized carbons (Fsp3) is 0.500. The molecule has 1 aromatic carbocycles. The number of carbonyl (C=O) groups excluding carboxylic acids is 1. The molecule has 1 saturated heterocycles. The second-order valence-electron chi connectivity index (χ2n) is 7.51. The number of rotatable bonds is 2. The highest BCUT2D eigenvalue weighted by Crippen LogP contribution is 2.34. The molecule has 1 aromatic heterocycles. The summed E-state index contributed by atoms with van der Waals surface area (Å²) in [5.74, 6) is 1.41. The van der Waals surface area contributed by atoms with E-state index in [1.54, 1.807) is 17.0 Å². The minimum Gasteiger partial charge on any atom is -0.444 e. The van der Waals surface area contributed by atoms with Gasteiger partial charge in [-0.25, -0.2) is 4.79 Å². The summed E-state index contributed by atoms with van der Waals surface area (Å²) >= 11 is 6.00. The van der Waals surface area contributed by atoms with Gasteiger partial charge in [-0.2, -0.15) is 0 Å². The Morgan fingerprint density at radius 3 is 2.73 bits per heavy atom. The number of halogens is 1. The first kappa shape index (κ1) is 18.5. The molecule has 2 heterocycles. The van der Waals surface area contributed by atoms with Gasteiger partial charge in [-0.3, -0.25) is 4.90 Å². The highest BCUT2D eigenvalue weighted by Gasteiger charge is 2.36. The van der Waals surface area contributed by atoms with E-state index in [4.69, 9.17) is 22.1 Å². The Labute approximate surface area is 158 Å². The zero-order chi connectivity index (χ0) is 19.1. The minimum absolute atomic E-state index is 0.152. The third-order valence-corrected chi connectivity index (χ3v) is 4.69. The maximum atomic E-state index is 12.5. The van der Waals surface area contributed by atoms with Crippen LogP contribution < -0.4 is 5.73 Å². The third kappa shape index (κ3) is 3.62. The molecule has 1 atom stereocenters. The molecule has 7 nitrogen and oxygen atoms in total. The summed E-state index contributed by atoms with van der Waals surface area (Å²) in [5.41, 5.74) is 6.69. The summed E-state index contributed by atoms with van der Waals surface area (Å²) in [4.78, 5) is 14.3. The van der Waals surface area contributed by atoms with Gasteiger partial charge in [0, 0.05) is 19.2 Å². The van der Waals surface area contributed by atoms with Gasteiger partial charge in [0.1, 0.15) is 5.60 Å². The number of hydrogen-bond acceptors (Lipinski definition) is 5. The van der Waals surface area contributed by atoms with Crippen molar-refractivity contribution in [1.82, 2.24) is 19.7 Å². The Morgan fingerprint density at radius 2 is 2.08 bits per heavy atom. The topological polar surface area (TPSA) is 86.3 Å². The largest absolute Gasteiger partial charge is 0.444 e. The number of amides is 1. The molecule has 0 spiro atoms. The Balaban J connectivity index is 1.89. The Hall–Kier alpha value is -2.28. The molecule has 1 aliphatic heterocycles. The second-order valence-corrected chi connectivity index (χ2v) is 7.92. The molecule has 1 aliphatic rings. The van der Waals surface area contributed by atoms with E-state index in [1.165, 1.54) is 0 Å². The predicted molar refractivity (Wildman–Crippen MR) is 101 cm³/mol. The molecule has 8 heteroatoms. The average Bonchev–Trinajstić information content (AvgIpc) is 3.15. The van der Waals surface area contributed by atoms with Gasteiger partial charge in [0.05, 0.1) is 16.8 Å². The number of nitrogens with zero attached hydrogens (tertiary/aromatic N) is 4. The number of likely N-dealkylation sites (tertiary alicyclic amines) is 1. The van der Waals surface area contributed by atoms with Crippen molar-refractivity contribution in [2.45, 2.75) is 45.3 Å². The second kappa shape index (κ2) is 6.79. The molecule has 3 rings (SSSR count). The van der Waals surface area contributed by atoms with Gasteiger partial charge in [0.25, 0.3) is 0 Å². The zero-order valence-corrected chi connectivity index (χ0v) is 16.2. The molecule has 140 valence electrons. The SMILES string of the molecule is Cn1c(-c2ccc(Cl)c(N)c2)nnc1[C@@H]1CCCN1C(=O)OC(C)(C)C. The van der Waals surface area contributed by atoms with Gasteiger partial charge in [-0.15, -0.1) is 10.2 Å². The molecule has 0 unspecified atom stereocenters. The predicted octanol–water partition coefficient (Wildman–Crippen LogP) is 3.79.